The summed E-state index contributed by atoms with van der Waals surface area (Å²) in [5.41, 5.74) is 3.43. The topological polar surface area (TPSA) is 224 Å². The number of hydrogen-bond donors (Lipinski definition) is 4. The normalized spacial score (nSPS) is 11.3. The second-order valence-electron chi connectivity index (χ2n) is 9.62. The van der Waals surface area contributed by atoms with E-state index < -0.39 is 0 Å². The highest BCUT2D eigenvalue weighted by Gasteiger charge is 2.20. The third-order valence-corrected chi connectivity index (χ3v) is 6.76. The van der Waals surface area contributed by atoms with Gasteiger partial charge in [0, 0.05) is 68.2 Å². The quantitative estimate of drug-likeness (QED) is 0.189. The maximum absolute atomic E-state index is 11.4. The Morgan fingerprint density at radius 1 is 0.750 bits per heavy atom. The van der Waals surface area contributed by atoms with Crippen molar-refractivity contribution in [2.45, 2.75) is 66.2 Å². The Bertz CT molecular complexity index is 1880. The second-order valence-corrected chi connectivity index (χ2v) is 9.62. The van der Waals surface area contributed by atoms with Crippen LogP contribution < -0.4 is 21.5 Å². The maximum atomic E-state index is 11.4. The highest BCUT2D eigenvalue weighted by molar-refractivity contribution is 5.93. The van der Waals surface area contributed by atoms with Gasteiger partial charge in [0.2, 0.25) is 11.5 Å². The molecule has 0 bridgehead atoms. The van der Waals surface area contributed by atoms with Gasteiger partial charge in [-0.1, -0.05) is 38.0 Å². The molecule has 0 spiro atoms. The molecule has 0 saturated heterocycles. The Kier molecular flexibility index (Phi) is 14.0. The first kappa shape index (κ1) is 36.7. The molecule has 16 nitrogen and oxygen atoms in total. The van der Waals surface area contributed by atoms with Gasteiger partial charge in [-0.3, -0.25) is 19.2 Å². The van der Waals surface area contributed by atoms with Gasteiger partial charge >= 0.3 is 0 Å². The lowest BCUT2D eigenvalue weighted by atomic mass is 10.0. The number of anilines is 1. The maximum Gasteiger partial charge on any atom is 0.273 e. The van der Waals surface area contributed by atoms with E-state index >= 15 is 0 Å². The third kappa shape index (κ3) is 9.60. The summed E-state index contributed by atoms with van der Waals surface area (Å²) in [6.45, 7) is 8.00. The van der Waals surface area contributed by atoms with Crippen molar-refractivity contribution in [2.24, 2.45) is 0 Å². The number of amides is 3. The SMILES string of the molecule is CC.CC.CNC(=O)c1cc(CCc2ncnc3[nH]c(=O)ccc23)on1.CNC(=O)c1cc(CCc2ncnc3c2CCC(=O)N3)on1. The van der Waals surface area contributed by atoms with Crippen molar-refractivity contribution in [1.29, 1.82) is 0 Å². The van der Waals surface area contributed by atoms with Crippen molar-refractivity contribution < 1.29 is 23.4 Å². The summed E-state index contributed by atoms with van der Waals surface area (Å²) < 4.78 is 10.3. The van der Waals surface area contributed by atoms with Gasteiger partial charge in [0.15, 0.2) is 11.4 Å². The van der Waals surface area contributed by atoms with Crippen molar-refractivity contribution in [3.05, 3.63) is 87.1 Å². The second kappa shape index (κ2) is 18.4. The van der Waals surface area contributed by atoms with Crippen LogP contribution >= 0.6 is 0 Å². The van der Waals surface area contributed by atoms with E-state index in [0.29, 0.717) is 61.5 Å². The number of hydrogen-bond acceptors (Lipinski definition) is 12. The Hall–Kier alpha value is -5.80. The lowest BCUT2D eigenvalue weighted by Crippen LogP contribution is -2.22. The average molecular weight is 661 g/mol. The summed E-state index contributed by atoms with van der Waals surface area (Å²) >= 11 is 0. The Labute approximate surface area is 276 Å². The molecule has 0 saturated carbocycles. The number of aromatic amines is 1. The molecule has 0 aromatic carbocycles. The molecule has 48 heavy (non-hydrogen) atoms. The molecule has 0 radical (unpaired) electrons. The van der Waals surface area contributed by atoms with Crippen LogP contribution in [-0.4, -0.2) is 67.1 Å². The molecule has 0 fully saturated rings. The lowest BCUT2D eigenvalue weighted by molar-refractivity contribution is -0.116. The molecule has 0 aliphatic carbocycles. The minimum atomic E-state index is -0.292. The predicted octanol–water partition coefficient (Wildman–Crippen LogP) is 3.00. The fourth-order valence-electron chi connectivity index (χ4n) is 4.51. The van der Waals surface area contributed by atoms with Crippen LogP contribution in [-0.2, 0) is 36.9 Å². The molecule has 5 aromatic heterocycles. The van der Waals surface area contributed by atoms with Crippen LogP contribution in [0.5, 0.6) is 0 Å². The van der Waals surface area contributed by atoms with E-state index in [1.165, 1.54) is 32.8 Å². The number of H-pyrrole nitrogens is 1. The van der Waals surface area contributed by atoms with E-state index in [4.69, 9.17) is 9.05 Å². The van der Waals surface area contributed by atoms with Gasteiger partial charge in [-0.25, -0.2) is 19.9 Å². The number of nitrogens with zero attached hydrogens (tertiary/aromatic N) is 6. The summed E-state index contributed by atoms with van der Waals surface area (Å²) in [6, 6.07) is 6.35. The summed E-state index contributed by atoms with van der Waals surface area (Å²) in [7, 11) is 3.07. The van der Waals surface area contributed by atoms with Gasteiger partial charge in [0.1, 0.15) is 35.6 Å². The first-order valence-electron chi connectivity index (χ1n) is 15.7. The van der Waals surface area contributed by atoms with Crippen LogP contribution in [0.2, 0.25) is 0 Å². The lowest BCUT2D eigenvalue weighted by Gasteiger charge is -2.17. The van der Waals surface area contributed by atoms with E-state index in [0.717, 1.165) is 22.3 Å². The monoisotopic (exact) mass is 660 g/mol. The van der Waals surface area contributed by atoms with E-state index in [-0.39, 0.29) is 34.7 Å². The number of rotatable bonds is 8. The molecule has 0 atom stereocenters. The number of nitrogens with one attached hydrogen (secondary N) is 4. The van der Waals surface area contributed by atoms with Crippen LogP contribution in [0.25, 0.3) is 11.0 Å². The number of carbonyl (C=O) groups is 3. The van der Waals surface area contributed by atoms with Crippen molar-refractivity contribution in [2.75, 3.05) is 19.4 Å². The number of fused-ring (bicyclic) bond motifs is 2. The Morgan fingerprint density at radius 3 is 1.92 bits per heavy atom. The van der Waals surface area contributed by atoms with Crippen molar-refractivity contribution in [1.82, 2.24) is 45.9 Å². The Morgan fingerprint density at radius 2 is 1.31 bits per heavy atom. The molecule has 6 heterocycles. The van der Waals surface area contributed by atoms with E-state index in [2.05, 4.69) is 51.2 Å². The minimum Gasteiger partial charge on any atom is -0.361 e. The zero-order chi connectivity index (χ0) is 35.1. The molecule has 4 N–H and O–H groups in total. The van der Waals surface area contributed by atoms with Gasteiger partial charge in [-0.2, -0.15) is 0 Å². The number of aryl methyl sites for hydroxylation is 4. The minimum absolute atomic E-state index is 0.0254. The summed E-state index contributed by atoms with van der Waals surface area (Å²) in [4.78, 5) is 64.8. The van der Waals surface area contributed by atoms with E-state index in [1.54, 1.807) is 18.2 Å². The molecular formula is C32H40N10O6. The van der Waals surface area contributed by atoms with E-state index in [1.807, 2.05) is 27.7 Å². The zero-order valence-electron chi connectivity index (χ0n) is 27.8. The fourth-order valence-corrected chi connectivity index (χ4v) is 4.51. The molecule has 6 rings (SSSR count). The molecule has 1 aliphatic heterocycles. The van der Waals surface area contributed by atoms with Crippen LogP contribution in [0.15, 0.2) is 50.8 Å². The molecule has 0 unspecified atom stereocenters. The van der Waals surface area contributed by atoms with Gasteiger partial charge in [-0.05, 0) is 25.3 Å². The highest BCUT2D eigenvalue weighted by atomic mass is 16.5. The number of pyridine rings is 1. The Balaban J connectivity index is 0.000000236. The molecule has 3 amide bonds. The van der Waals surface area contributed by atoms with Gasteiger partial charge in [0.25, 0.3) is 11.8 Å². The standard InChI is InChI=1S/C14H15N5O3.C14H13N5O3.2C2H6/c2*1-15-14(21)11-6-8(22-19-11)2-4-10-9-3-5-12(20)18-13(9)17-7-16-10;2*1-2/h6-7H,2-5H2,1H3,(H,15,21)(H,16,17,18,20);3,5-7H,2,4H2,1H3,(H,15,21)(H,16,17,18,20);2*1-2H3. The molecule has 1 aliphatic rings. The molecular weight excluding hydrogens is 620 g/mol. The van der Waals surface area contributed by atoms with Crippen LogP contribution in [0, 0.1) is 0 Å². The zero-order valence-corrected chi connectivity index (χ0v) is 27.8. The molecule has 16 heteroatoms. The van der Waals surface area contributed by atoms with E-state index in [9.17, 15) is 19.2 Å². The number of carbonyl (C=O) groups excluding carboxylic acids is 3. The summed E-state index contributed by atoms with van der Waals surface area (Å²) in [6.07, 6.45) is 6.24. The third-order valence-electron chi connectivity index (χ3n) is 6.76. The average Bonchev–Trinajstić information content (AvgIpc) is 3.81. The van der Waals surface area contributed by atoms with Gasteiger partial charge in [-0.15, -0.1) is 0 Å². The first-order chi connectivity index (χ1) is 23.3. The van der Waals surface area contributed by atoms with Crippen LogP contribution in [0.4, 0.5) is 5.82 Å². The van der Waals surface area contributed by atoms with Crippen molar-refractivity contribution in [3.63, 3.8) is 0 Å². The summed E-state index contributed by atoms with van der Waals surface area (Å²) in [5.74, 6) is 1.20. The smallest absolute Gasteiger partial charge is 0.273 e. The molecule has 5 aromatic rings. The van der Waals surface area contributed by atoms with Crippen molar-refractivity contribution >= 4 is 34.6 Å². The highest BCUT2D eigenvalue weighted by Crippen LogP contribution is 2.23. The largest absolute Gasteiger partial charge is 0.361 e. The first-order valence-corrected chi connectivity index (χ1v) is 15.7. The van der Waals surface area contributed by atoms with Crippen molar-refractivity contribution in [3.8, 4) is 0 Å². The van der Waals surface area contributed by atoms with Gasteiger partial charge < -0.3 is 30.0 Å². The summed E-state index contributed by atoms with van der Waals surface area (Å²) in [5, 5.41) is 15.9. The van der Waals surface area contributed by atoms with Gasteiger partial charge in [0.05, 0.1) is 5.69 Å². The molecule has 254 valence electrons. The predicted molar refractivity (Wildman–Crippen MR) is 176 cm³/mol. The van der Waals surface area contributed by atoms with Crippen LogP contribution in [0.1, 0.15) is 83.6 Å². The number of aromatic nitrogens is 7. The fraction of sp³-hybridized carbons (Fsp3) is 0.375. The van der Waals surface area contributed by atoms with Crippen LogP contribution in [0.3, 0.4) is 0 Å².